The van der Waals surface area contributed by atoms with Gasteiger partial charge < -0.3 is 15.1 Å². The molecule has 0 aromatic rings. The molecule has 0 aromatic carbocycles. The highest BCUT2D eigenvalue weighted by molar-refractivity contribution is 5.85. The Balaban J connectivity index is 2.78. The standard InChI is InChI=1S/C14H25NO4/c1-3-14(4-2,13(18)19)9-12(17)15-8-6-5-7-11(15)10-16/h11,16H,3-10H2,1-2H3,(H,18,19). The second kappa shape index (κ2) is 6.89. The Morgan fingerprint density at radius 3 is 2.37 bits per heavy atom. The van der Waals surface area contributed by atoms with Crippen molar-refractivity contribution in [2.75, 3.05) is 13.2 Å². The van der Waals surface area contributed by atoms with E-state index in [1.54, 1.807) is 4.90 Å². The minimum absolute atomic E-state index is 0.0336. The van der Waals surface area contributed by atoms with Crippen LogP contribution in [-0.2, 0) is 9.59 Å². The molecule has 1 fully saturated rings. The highest BCUT2D eigenvalue weighted by Gasteiger charge is 2.39. The molecule has 110 valence electrons. The molecule has 2 N–H and O–H groups in total. The smallest absolute Gasteiger partial charge is 0.310 e. The molecule has 0 spiro atoms. The van der Waals surface area contributed by atoms with Crippen molar-refractivity contribution < 1.29 is 19.8 Å². The van der Waals surface area contributed by atoms with Crippen LogP contribution in [0.25, 0.3) is 0 Å². The molecule has 19 heavy (non-hydrogen) atoms. The average Bonchev–Trinajstić information content (AvgIpc) is 2.44. The van der Waals surface area contributed by atoms with Crippen molar-refractivity contribution in [2.24, 2.45) is 5.41 Å². The summed E-state index contributed by atoms with van der Waals surface area (Å²) in [6, 6.07) is -0.138. The molecule has 1 amide bonds. The number of aliphatic hydroxyl groups excluding tert-OH is 1. The number of amides is 1. The average molecular weight is 271 g/mol. The second-order valence-electron chi connectivity index (χ2n) is 5.39. The molecule has 0 radical (unpaired) electrons. The minimum atomic E-state index is -0.964. The van der Waals surface area contributed by atoms with Crippen LogP contribution < -0.4 is 0 Å². The SMILES string of the molecule is CCC(CC)(CC(=O)N1CCCCC1CO)C(=O)O. The molecule has 0 aliphatic carbocycles. The number of piperidine rings is 1. The summed E-state index contributed by atoms with van der Waals surface area (Å²) < 4.78 is 0. The number of aliphatic hydroxyl groups is 1. The topological polar surface area (TPSA) is 77.8 Å². The number of aliphatic carboxylic acids is 1. The summed E-state index contributed by atoms with van der Waals surface area (Å²) >= 11 is 0. The van der Waals surface area contributed by atoms with Gasteiger partial charge in [-0.2, -0.15) is 0 Å². The Kier molecular flexibility index (Phi) is 5.79. The first-order valence-electron chi connectivity index (χ1n) is 7.14. The van der Waals surface area contributed by atoms with Crippen LogP contribution in [-0.4, -0.2) is 46.2 Å². The lowest BCUT2D eigenvalue weighted by atomic mass is 9.78. The molecule has 1 aliphatic rings. The Morgan fingerprint density at radius 2 is 1.89 bits per heavy atom. The van der Waals surface area contributed by atoms with E-state index in [1.807, 2.05) is 13.8 Å². The first kappa shape index (κ1) is 16.0. The molecule has 1 aliphatic heterocycles. The summed E-state index contributed by atoms with van der Waals surface area (Å²) in [6.45, 7) is 4.21. The van der Waals surface area contributed by atoms with Crippen molar-refractivity contribution in [2.45, 2.75) is 58.4 Å². The van der Waals surface area contributed by atoms with E-state index in [0.717, 1.165) is 19.3 Å². The van der Waals surface area contributed by atoms with Crippen LogP contribution in [0, 0.1) is 5.41 Å². The molecule has 5 nitrogen and oxygen atoms in total. The van der Waals surface area contributed by atoms with Crippen LogP contribution in [0.4, 0.5) is 0 Å². The number of carbonyl (C=O) groups is 2. The van der Waals surface area contributed by atoms with Crippen molar-refractivity contribution in [3.8, 4) is 0 Å². The molecule has 0 bridgehead atoms. The summed E-state index contributed by atoms with van der Waals surface area (Å²) in [5.41, 5.74) is -0.964. The molecule has 1 atom stereocenters. The Labute approximate surface area is 114 Å². The Morgan fingerprint density at radius 1 is 1.26 bits per heavy atom. The van der Waals surface area contributed by atoms with E-state index < -0.39 is 11.4 Å². The van der Waals surface area contributed by atoms with Gasteiger partial charge >= 0.3 is 5.97 Å². The van der Waals surface area contributed by atoms with E-state index in [-0.39, 0.29) is 25.0 Å². The summed E-state index contributed by atoms with van der Waals surface area (Å²) in [6.07, 6.45) is 3.68. The first-order chi connectivity index (χ1) is 9.00. The predicted octanol–water partition coefficient (Wildman–Crippen LogP) is 1.64. The molecule has 0 saturated carbocycles. The van der Waals surface area contributed by atoms with Crippen molar-refractivity contribution in [1.29, 1.82) is 0 Å². The monoisotopic (exact) mass is 271 g/mol. The van der Waals surface area contributed by atoms with Gasteiger partial charge in [0.05, 0.1) is 18.1 Å². The Hall–Kier alpha value is -1.10. The largest absolute Gasteiger partial charge is 0.481 e. The first-order valence-corrected chi connectivity index (χ1v) is 7.14. The lowest BCUT2D eigenvalue weighted by Crippen LogP contribution is -2.48. The number of likely N-dealkylation sites (tertiary alicyclic amines) is 1. The molecular formula is C14H25NO4. The van der Waals surface area contributed by atoms with Gasteiger partial charge in [0, 0.05) is 13.0 Å². The lowest BCUT2D eigenvalue weighted by molar-refractivity contribution is -0.155. The zero-order valence-corrected chi connectivity index (χ0v) is 11.9. The molecule has 5 heteroatoms. The lowest BCUT2D eigenvalue weighted by Gasteiger charge is -2.37. The zero-order chi connectivity index (χ0) is 14.5. The van der Waals surface area contributed by atoms with E-state index >= 15 is 0 Å². The van der Waals surface area contributed by atoms with Gasteiger partial charge in [-0.25, -0.2) is 0 Å². The van der Waals surface area contributed by atoms with Gasteiger partial charge in [0.1, 0.15) is 0 Å². The van der Waals surface area contributed by atoms with Gasteiger partial charge in [0.15, 0.2) is 0 Å². The van der Waals surface area contributed by atoms with E-state index in [4.69, 9.17) is 0 Å². The maximum atomic E-state index is 12.4. The van der Waals surface area contributed by atoms with Crippen LogP contribution in [0.3, 0.4) is 0 Å². The number of hydrogen-bond acceptors (Lipinski definition) is 3. The van der Waals surface area contributed by atoms with Crippen LogP contribution in [0.2, 0.25) is 0 Å². The van der Waals surface area contributed by atoms with Gasteiger partial charge in [0.2, 0.25) is 5.91 Å². The number of hydrogen-bond donors (Lipinski definition) is 2. The molecule has 1 unspecified atom stereocenters. The second-order valence-corrected chi connectivity index (χ2v) is 5.39. The predicted molar refractivity (Wildman–Crippen MR) is 71.7 cm³/mol. The molecular weight excluding hydrogens is 246 g/mol. The minimum Gasteiger partial charge on any atom is -0.481 e. The number of carboxylic acid groups (broad SMARTS) is 1. The summed E-state index contributed by atoms with van der Waals surface area (Å²) in [7, 11) is 0. The third-order valence-corrected chi connectivity index (χ3v) is 4.46. The summed E-state index contributed by atoms with van der Waals surface area (Å²) in [4.78, 5) is 25.5. The normalized spacial score (nSPS) is 20.4. The van der Waals surface area contributed by atoms with Crippen molar-refractivity contribution in [3.63, 3.8) is 0 Å². The van der Waals surface area contributed by atoms with Crippen LogP contribution in [0.5, 0.6) is 0 Å². The Bertz CT molecular complexity index is 325. The quantitative estimate of drug-likeness (QED) is 0.770. The van der Waals surface area contributed by atoms with Crippen molar-refractivity contribution in [3.05, 3.63) is 0 Å². The van der Waals surface area contributed by atoms with E-state index in [9.17, 15) is 19.8 Å². The van der Waals surface area contributed by atoms with E-state index in [1.165, 1.54) is 0 Å². The number of carboxylic acids is 1. The zero-order valence-electron chi connectivity index (χ0n) is 11.9. The van der Waals surface area contributed by atoms with Gasteiger partial charge in [-0.1, -0.05) is 13.8 Å². The van der Waals surface area contributed by atoms with Crippen LogP contribution >= 0.6 is 0 Å². The van der Waals surface area contributed by atoms with Gasteiger partial charge in [-0.05, 0) is 32.1 Å². The maximum Gasteiger partial charge on any atom is 0.310 e. The maximum absolute atomic E-state index is 12.4. The van der Waals surface area contributed by atoms with Crippen molar-refractivity contribution >= 4 is 11.9 Å². The highest BCUT2D eigenvalue weighted by atomic mass is 16.4. The third kappa shape index (κ3) is 3.47. The van der Waals surface area contributed by atoms with Crippen molar-refractivity contribution in [1.82, 2.24) is 4.90 Å². The van der Waals surface area contributed by atoms with Gasteiger partial charge in [0.25, 0.3) is 0 Å². The van der Waals surface area contributed by atoms with E-state index in [2.05, 4.69) is 0 Å². The summed E-state index contributed by atoms with van der Waals surface area (Å²) in [5.74, 6) is -1.03. The van der Waals surface area contributed by atoms with Gasteiger partial charge in [-0.15, -0.1) is 0 Å². The molecule has 1 rings (SSSR count). The fourth-order valence-corrected chi connectivity index (χ4v) is 2.79. The fraction of sp³-hybridized carbons (Fsp3) is 0.857. The molecule has 0 aromatic heterocycles. The van der Waals surface area contributed by atoms with Gasteiger partial charge in [-0.3, -0.25) is 9.59 Å². The number of nitrogens with zero attached hydrogens (tertiary/aromatic N) is 1. The number of carbonyl (C=O) groups excluding carboxylic acids is 1. The highest BCUT2D eigenvalue weighted by Crippen LogP contribution is 2.32. The summed E-state index contributed by atoms with van der Waals surface area (Å²) in [5, 5.41) is 18.7. The number of rotatable bonds is 6. The van der Waals surface area contributed by atoms with E-state index in [0.29, 0.717) is 19.4 Å². The molecule has 1 heterocycles. The van der Waals surface area contributed by atoms with Crippen LogP contribution in [0.1, 0.15) is 52.4 Å². The third-order valence-electron chi connectivity index (χ3n) is 4.46. The molecule has 1 saturated heterocycles. The van der Waals surface area contributed by atoms with Crippen LogP contribution in [0.15, 0.2) is 0 Å². The fourth-order valence-electron chi connectivity index (χ4n) is 2.79.